The molecular weight excluding hydrogens is 356 g/mol. The number of carbonyl (C=O) groups is 1. The molecule has 1 N–H and O–H groups in total. The monoisotopic (exact) mass is 380 g/mol. The Morgan fingerprint density at radius 1 is 1.11 bits per heavy atom. The quantitative estimate of drug-likeness (QED) is 0.607. The number of aromatic nitrogens is 1. The molecular formula is C22H24N2O2S. The highest BCUT2D eigenvalue weighted by Gasteiger charge is 2.14. The normalized spacial score (nSPS) is 10.9. The molecule has 0 spiro atoms. The van der Waals surface area contributed by atoms with E-state index in [9.17, 15) is 4.79 Å². The number of thiazole rings is 1. The molecule has 1 heterocycles. The lowest BCUT2D eigenvalue weighted by Crippen LogP contribution is -2.11. The van der Waals surface area contributed by atoms with Crippen LogP contribution in [0.4, 0.5) is 5.13 Å². The van der Waals surface area contributed by atoms with Crippen LogP contribution < -0.4 is 10.1 Å². The fourth-order valence-electron chi connectivity index (χ4n) is 2.93. The van der Waals surface area contributed by atoms with Crippen molar-refractivity contribution in [1.29, 1.82) is 0 Å². The fourth-order valence-corrected chi connectivity index (χ4v) is 3.76. The van der Waals surface area contributed by atoms with E-state index in [1.165, 1.54) is 16.9 Å². The summed E-state index contributed by atoms with van der Waals surface area (Å²) >= 11 is 1.48. The van der Waals surface area contributed by atoms with Gasteiger partial charge in [0.15, 0.2) is 5.13 Å². The first-order valence-electron chi connectivity index (χ1n) is 8.92. The van der Waals surface area contributed by atoms with Crippen LogP contribution in [-0.2, 0) is 0 Å². The molecule has 0 fully saturated rings. The van der Waals surface area contributed by atoms with E-state index >= 15 is 0 Å². The molecule has 5 heteroatoms. The number of nitrogens with zero attached hydrogens (tertiary/aromatic N) is 1. The molecule has 0 radical (unpaired) electrons. The van der Waals surface area contributed by atoms with Crippen LogP contribution >= 0.6 is 11.3 Å². The average Bonchev–Trinajstić information content (AvgIpc) is 3.01. The van der Waals surface area contributed by atoms with E-state index in [4.69, 9.17) is 4.74 Å². The van der Waals surface area contributed by atoms with Crippen LogP contribution in [0.2, 0.25) is 0 Å². The first-order valence-corrected chi connectivity index (χ1v) is 9.74. The lowest BCUT2D eigenvalue weighted by atomic mass is 10.0. The lowest BCUT2D eigenvalue weighted by Gasteiger charge is -2.07. The maximum Gasteiger partial charge on any atom is 0.257 e. The van der Waals surface area contributed by atoms with Crippen LogP contribution in [0.1, 0.15) is 46.1 Å². The van der Waals surface area contributed by atoms with Crippen molar-refractivity contribution in [3.8, 4) is 17.0 Å². The van der Waals surface area contributed by atoms with Crippen molar-refractivity contribution in [1.82, 2.24) is 4.98 Å². The number of methoxy groups -OCH3 is 1. The van der Waals surface area contributed by atoms with Crippen molar-refractivity contribution >= 4 is 22.4 Å². The lowest BCUT2D eigenvalue weighted by molar-refractivity contribution is 0.102. The highest BCUT2D eigenvalue weighted by molar-refractivity contribution is 7.16. The minimum Gasteiger partial charge on any atom is -0.496 e. The second kappa shape index (κ2) is 7.92. The average molecular weight is 381 g/mol. The van der Waals surface area contributed by atoms with Crippen molar-refractivity contribution in [2.24, 2.45) is 0 Å². The van der Waals surface area contributed by atoms with Gasteiger partial charge in [0, 0.05) is 16.0 Å². The van der Waals surface area contributed by atoms with Crippen molar-refractivity contribution in [2.75, 3.05) is 12.4 Å². The Labute approximate surface area is 164 Å². The Bertz CT molecular complexity index is 959. The minimum absolute atomic E-state index is 0.142. The zero-order chi connectivity index (χ0) is 19.6. The van der Waals surface area contributed by atoms with Crippen molar-refractivity contribution in [2.45, 2.75) is 33.6 Å². The number of benzene rings is 2. The highest BCUT2D eigenvalue weighted by atomic mass is 32.1. The summed E-state index contributed by atoms with van der Waals surface area (Å²) in [6.45, 7) is 8.29. The summed E-state index contributed by atoms with van der Waals surface area (Å²) in [6.07, 6.45) is 0. The van der Waals surface area contributed by atoms with Gasteiger partial charge in [-0.25, -0.2) is 4.98 Å². The Balaban J connectivity index is 1.80. The zero-order valence-electron chi connectivity index (χ0n) is 16.3. The molecule has 140 valence electrons. The summed E-state index contributed by atoms with van der Waals surface area (Å²) in [7, 11) is 1.66. The van der Waals surface area contributed by atoms with Crippen LogP contribution in [0.15, 0.2) is 42.5 Å². The van der Waals surface area contributed by atoms with Gasteiger partial charge in [0.05, 0.1) is 12.8 Å². The van der Waals surface area contributed by atoms with E-state index in [2.05, 4.69) is 30.2 Å². The van der Waals surface area contributed by atoms with E-state index in [1.54, 1.807) is 7.11 Å². The molecule has 4 nitrogen and oxygen atoms in total. The molecule has 0 saturated carbocycles. The van der Waals surface area contributed by atoms with Crippen LogP contribution in [-0.4, -0.2) is 18.0 Å². The van der Waals surface area contributed by atoms with Crippen molar-refractivity contribution < 1.29 is 9.53 Å². The minimum atomic E-state index is -0.142. The number of hydrogen-bond donors (Lipinski definition) is 1. The Morgan fingerprint density at radius 3 is 2.41 bits per heavy atom. The molecule has 0 aliphatic heterocycles. The fraction of sp³-hybridized carbons (Fsp3) is 0.273. The molecule has 0 unspecified atom stereocenters. The van der Waals surface area contributed by atoms with E-state index in [0.29, 0.717) is 16.6 Å². The SMILES string of the molecule is COc1ccc(-c2nc(NC(=O)c3ccc(C(C)C)cc3)sc2C)cc1C. The number of amides is 1. The summed E-state index contributed by atoms with van der Waals surface area (Å²) < 4.78 is 5.32. The van der Waals surface area contributed by atoms with E-state index in [0.717, 1.165) is 27.4 Å². The van der Waals surface area contributed by atoms with E-state index in [1.807, 2.05) is 50.2 Å². The van der Waals surface area contributed by atoms with Crippen LogP contribution in [0, 0.1) is 13.8 Å². The summed E-state index contributed by atoms with van der Waals surface area (Å²) in [5.41, 5.74) is 4.81. The number of nitrogens with one attached hydrogen (secondary N) is 1. The van der Waals surface area contributed by atoms with Gasteiger partial charge in [-0.15, -0.1) is 11.3 Å². The van der Waals surface area contributed by atoms with Gasteiger partial charge < -0.3 is 4.74 Å². The maximum atomic E-state index is 12.5. The standard InChI is InChI=1S/C22H24N2O2S/c1-13(2)16-6-8-17(9-7-16)21(25)24-22-23-20(15(4)27-22)18-10-11-19(26-5)14(3)12-18/h6-13H,1-5H3,(H,23,24,25). The topological polar surface area (TPSA) is 51.2 Å². The number of rotatable bonds is 5. The van der Waals surface area contributed by atoms with Crippen LogP contribution in [0.25, 0.3) is 11.3 Å². The maximum absolute atomic E-state index is 12.5. The smallest absolute Gasteiger partial charge is 0.257 e. The summed E-state index contributed by atoms with van der Waals surface area (Å²) in [6, 6.07) is 13.7. The van der Waals surface area contributed by atoms with Gasteiger partial charge >= 0.3 is 0 Å². The van der Waals surface area contributed by atoms with Gasteiger partial charge in [0.1, 0.15) is 5.75 Å². The predicted octanol–water partition coefficient (Wildman–Crippen LogP) is 5.81. The summed E-state index contributed by atoms with van der Waals surface area (Å²) in [5, 5.41) is 3.52. The number of ether oxygens (including phenoxy) is 1. The van der Waals surface area contributed by atoms with E-state index in [-0.39, 0.29) is 5.91 Å². The largest absolute Gasteiger partial charge is 0.496 e. The Morgan fingerprint density at radius 2 is 1.81 bits per heavy atom. The molecule has 0 saturated heterocycles. The molecule has 1 amide bonds. The van der Waals surface area contributed by atoms with Gasteiger partial charge in [0.25, 0.3) is 5.91 Å². The number of carbonyl (C=O) groups excluding carboxylic acids is 1. The Kier molecular flexibility index (Phi) is 5.61. The molecule has 0 atom stereocenters. The van der Waals surface area contributed by atoms with Crippen molar-refractivity contribution in [3.05, 3.63) is 64.0 Å². The molecule has 1 aromatic heterocycles. The molecule has 3 aromatic rings. The summed E-state index contributed by atoms with van der Waals surface area (Å²) in [5.74, 6) is 1.15. The molecule has 2 aromatic carbocycles. The van der Waals surface area contributed by atoms with Crippen LogP contribution in [0.3, 0.4) is 0 Å². The number of hydrogen-bond acceptors (Lipinski definition) is 4. The number of aryl methyl sites for hydroxylation is 2. The number of anilines is 1. The second-order valence-corrected chi connectivity index (χ2v) is 8.04. The third kappa shape index (κ3) is 4.19. The molecule has 3 rings (SSSR count). The first kappa shape index (κ1) is 19.1. The zero-order valence-corrected chi connectivity index (χ0v) is 17.1. The van der Waals surface area contributed by atoms with Crippen molar-refractivity contribution in [3.63, 3.8) is 0 Å². The molecule has 0 bridgehead atoms. The predicted molar refractivity (Wildman–Crippen MR) is 112 cm³/mol. The van der Waals surface area contributed by atoms with Crippen LogP contribution in [0.5, 0.6) is 5.75 Å². The molecule has 0 aliphatic rings. The third-order valence-electron chi connectivity index (χ3n) is 4.52. The van der Waals surface area contributed by atoms with Gasteiger partial charge in [-0.1, -0.05) is 26.0 Å². The van der Waals surface area contributed by atoms with E-state index < -0.39 is 0 Å². The van der Waals surface area contributed by atoms with Gasteiger partial charge in [-0.05, 0) is 61.2 Å². The highest BCUT2D eigenvalue weighted by Crippen LogP contribution is 2.33. The van der Waals surface area contributed by atoms with Gasteiger partial charge in [0.2, 0.25) is 0 Å². The third-order valence-corrected chi connectivity index (χ3v) is 5.41. The molecule has 0 aliphatic carbocycles. The second-order valence-electron chi connectivity index (χ2n) is 6.84. The molecule has 27 heavy (non-hydrogen) atoms. The van der Waals surface area contributed by atoms with Gasteiger partial charge in [-0.2, -0.15) is 0 Å². The summed E-state index contributed by atoms with van der Waals surface area (Å²) in [4.78, 5) is 18.2. The Hall–Kier alpha value is -2.66. The van der Waals surface area contributed by atoms with Gasteiger partial charge in [-0.3, -0.25) is 10.1 Å². The first-order chi connectivity index (χ1) is 12.9.